The molecule has 0 bridgehead atoms. The Morgan fingerprint density at radius 1 is 1.16 bits per heavy atom. The van der Waals surface area contributed by atoms with Gasteiger partial charge < -0.3 is 9.26 Å². The molecule has 1 amide bonds. The van der Waals surface area contributed by atoms with Crippen LogP contribution in [0.1, 0.15) is 70.9 Å². The van der Waals surface area contributed by atoms with Gasteiger partial charge in [0.25, 0.3) is 0 Å². The molecule has 3 rings (SSSR count). The number of ether oxygens (including phenoxy) is 1. The van der Waals surface area contributed by atoms with Gasteiger partial charge in [-0.3, -0.25) is 9.69 Å². The molecule has 7 nitrogen and oxygen atoms in total. The molecule has 2 heterocycles. The Morgan fingerprint density at radius 2 is 1.81 bits per heavy atom. The van der Waals surface area contributed by atoms with Crippen molar-refractivity contribution in [2.45, 2.75) is 61.0 Å². The molecular weight excluding hydrogens is 414 g/mol. The maximum absolute atomic E-state index is 12.6. The van der Waals surface area contributed by atoms with Gasteiger partial charge >= 0.3 is 5.97 Å². The van der Waals surface area contributed by atoms with Crippen molar-refractivity contribution < 1.29 is 18.8 Å². The van der Waals surface area contributed by atoms with Gasteiger partial charge in [0.05, 0.1) is 17.1 Å². The highest BCUT2D eigenvalue weighted by molar-refractivity contribution is 7.14. The predicted octanol–water partition coefficient (Wildman–Crippen LogP) is 5.53. The van der Waals surface area contributed by atoms with Crippen LogP contribution < -0.4 is 4.90 Å². The van der Waals surface area contributed by atoms with Crippen molar-refractivity contribution >= 4 is 34.0 Å². The van der Waals surface area contributed by atoms with E-state index in [4.69, 9.17) is 9.26 Å². The van der Waals surface area contributed by atoms with Crippen LogP contribution in [-0.2, 0) is 16.1 Å². The molecule has 0 unspecified atom stereocenters. The normalized spacial score (nSPS) is 11.1. The van der Waals surface area contributed by atoms with Crippen molar-refractivity contribution in [3.8, 4) is 0 Å². The smallest absolute Gasteiger partial charge is 0.344 e. The fourth-order valence-electron chi connectivity index (χ4n) is 3.62. The number of carbonyl (C=O) groups excluding carboxylic acids is 2. The number of anilines is 2. The molecule has 0 aliphatic carbocycles. The van der Waals surface area contributed by atoms with Crippen LogP contribution in [0.15, 0.2) is 22.0 Å². The minimum Gasteiger partial charge on any atom is -0.455 e. The number of hydrogen-bond donors (Lipinski definition) is 0. The standard InChI is InChI=1S/C23H27N3O4S/c1-12(2)21-19(16(6)25-30-21)22(28)29-10-18-11-31-23(24-18)26(17(7)27)20-14(4)8-13(3)9-15(20)5/h8-9,11-12H,10H2,1-7H3. The Labute approximate surface area is 186 Å². The quantitative estimate of drug-likeness (QED) is 0.468. The minimum atomic E-state index is -0.495. The van der Waals surface area contributed by atoms with Gasteiger partial charge in [-0.1, -0.05) is 36.7 Å². The summed E-state index contributed by atoms with van der Waals surface area (Å²) in [6.45, 7) is 13.1. The number of nitrogens with zero attached hydrogens (tertiary/aromatic N) is 3. The number of rotatable bonds is 6. The second-order valence-corrected chi connectivity index (χ2v) is 8.80. The first-order valence-electron chi connectivity index (χ1n) is 10.1. The summed E-state index contributed by atoms with van der Waals surface area (Å²) in [6.07, 6.45) is 0. The number of amides is 1. The van der Waals surface area contributed by atoms with E-state index < -0.39 is 5.97 Å². The van der Waals surface area contributed by atoms with E-state index >= 15 is 0 Å². The van der Waals surface area contributed by atoms with Gasteiger partial charge in [-0.2, -0.15) is 0 Å². The van der Waals surface area contributed by atoms with Gasteiger partial charge in [0.15, 0.2) is 10.9 Å². The fraction of sp³-hybridized carbons (Fsp3) is 0.391. The number of thiazole rings is 1. The first-order chi connectivity index (χ1) is 14.6. The van der Waals surface area contributed by atoms with Crippen molar-refractivity contribution in [2.75, 3.05) is 4.90 Å². The molecule has 0 fully saturated rings. The second-order valence-electron chi connectivity index (χ2n) is 7.96. The molecule has 8 heteroatoms. The van der Waals surface area contributed by atoms with Gasteiger partial charge in [0.2, 0.25) is 5.91 Å². The molecule has 0 aliphatic heterocycles. The summed E-state index contributed by atoms with van der Waals surface area (Å²) in [7, 11) is 0. The van der Waals surface area contributed by atoms with Gasteiger partial charge in [0.1, 0.15) is 12.2 Å². The van der Waals surface area contributed by atoms with E-state index in [1.807, 2.05) is 46.8 Å². The van der Waals surface area contributed by atoms with Crippen LogP contribution in [0.2, 0.25) is 0 Å². The summed E-state index contributed by atoms with van der Waals surface area (Å²) >= 11 is 1.33. The number of carbonyl (C=O) groups is 2. The largest absolute Gasteiger partial charge is 0.455 e. The van der Waals surface area contributed by atoms with E-state index in [0.717, 1.165) is 22.4 Å². The highest BCUT2D eigenvalue weighted by Crippen LogP contribution is 2.34. The van der Waals surface area contributed by atoms with E-state index in [9.17, 15) is 9.59 Å². The molecule has 0 aliphatic rings. The topological polar surface area (TPSA) is 85.5 Å². The summed E-state index contributed by atoms with van der Waals surface area (Å²) in [5, 5.41) is 6.22. The van der Waals surface area contributed by atoms with Crippen LogP contribution in [0, 0.1) is 27.7 Å². The lowest BCUT2D eigenvalue weighted by molar-refractivity contribution is -0.115. The third-order valence-electron chi connectivity index (χ3n) is 4.87. The Bertz CT molecular complexity index is 1110. The van der Waals surface area contributed by atoms with E-state index in [1.165, 1.54) is 18.3 Å². The van der Waals surface area contributed by atoms with Crippen LogP contribution in [-0.4, -0.2) is 22.0 Å². The molecule has 2 aromatic heterocycles. The summed E-state index contributed by atoms with van der Waals surface area (Å²) in [5.74, 6) is -0.102. The molecule has 0 spiro atoms. The molecule has 1 aromatic carbocycles. The van der Waals surface area contributed by atoms with Crippen molar-refractivity contribution in [3.05, 3.63) is 56.9 Å². The summed E-state index contributed by atoms with van der Waals surface area (Å²) in [4.78, 5) is 31.3. The highest BCUT2D eigenvalue weighted by Gasteiger charge is 2.25. The molecule has 0 saturated carbocycles. The zero-order valence-corrected chi connectivity index (χ0v) is 19.7. The monoisotopic (exact) mass is 441 g/mol. The Morgan fingerprint density at radius 3 is 2.39 bits per heavy atom. The number of hydrogen-bond acceptors (Lipinski definition) is 7. The van der Waals surface area contributed by atoms with Crippen LogP contribution in [0.4, 0.5) is 10.8 Å². The zero-order chi connectivity index (χ0) is 22.9. The fourth-order valence-corrected chi connectivity index (χ4v) is 4.48. The number of aryl methyl sites for hydroxylation is 4. The van der Waals surface area contributed by atoms with E-state index in [2.05, 4.69) is 10.1 Å². The molecule has 0 atom stereocenters. The Kier molecular flexibility index (Phi) is 6.59. The first kappa shape index (κ1) is 22.7. The molecule has 0 N–H and O–H groups in total. The molecule has 3 aromatic rings. The maximum Gasteiger partial charge on any atom is 0.344 e. The molecule has 0 radical (unpaired) electrons. The van der Waals surface area contributed by atoms with Gasteiger partial charge in [-0.05, 0) is 38.8 Å². The average Bonchev–Trinajstić information content (AvgIpc) is 3.28. The molecule has 164 valence electrons. The minimum absolute atomic E-state index is 0.00487. The number of aromatic nitrogens is 2. The van der Waals surface area contributed by atoms with Crippen molar-refractivity contribution in [3.63, 3.8) is 0 Å². The zero-order valence-electron chi connectivity index (χ0n) is 18.9. The second kappa shape index (κ2) is 9.01. The van der Waals surface area contributed by atoms with E-state index in [0.29, 0.717) is 27.8 Å². The number of benzene rings is 1. The van der Waals surface area contributed by atoms with Gasteiger partial charge in [0, 0.05) is 18.2 Å². The third kappa shape index (κ3) is 4.69. The highest BCUT2D eigenvalue weighted by atomic mass is 32.1. The van der Waals surface area contributed by atoms with Crippen molar-refractivity contribution in [1.29, 1.82) is 0 Å². The lowest BCUT2D eigenvalue weighted by atomic mass is 10.0. The maximum atomic E-state index is 12.6. The van der Waals surface area contributed by atoms with Crippen LogP contribution in [0.5, 0.6) is 0 Å². The molecule has 31 heavy (non-hydrogen) atoms. The summed E-state index contributed by atoms with van der Waals surface area (Å²) in [6, 6.07) is 4.09. The van der Waals surface area contributed by atoms with E-state index in [1.54, 1.807) is 17.2 Å². The summed E-state index contributed by atoms with van der Waals surface area (Å²) < 4.78 is 10.7. The molecule has 0 saturated heterocycles. The average molecular weight is 442 g/mol. The molecular formula is C23H27N3O4S. The Hall–Kier alpha value is -3.00. The lowest BCUT2D eigenvalue weighted by Crippen LogP contribution is -2.24. The summed E-state index contributed by atoms with van der Waals surface area (Å²) in [5.41, 5.74) is 5.40. The van der Waals surface area contributed by atoms with Gasteiger partial charge in [-0.15, -0.1) is 11.3 Å². The third-order valence-corrected chi connectivity index (χ3v) is 5.75. The van der Waals surface area contributed by atoms with Crippen LogP contribution in [0.3, 0.4) is 0 Å². The first-order valence-corrected chi connectivity index (χ1v) is 10.9. The Balaban J connectivity index is 1.82. The van der Waals surface area contributed by atoms with Crippen LogP contribution >= 0.6 is 11.3 Å². The SMILES string of the molecule is CC(=O)N(c1nc(COC(=O)c2c(C)noc2C(C)C)cs1)c1c(C)cc(C)cc1C. The number of esters is 1. The van der Waals surface area contributed by atoms with Crippen molar-refractivity contribution in [2.24, 2.45) is 0 Å². The van der Waals surface area contributed by atoms with Crippen molar-refractivity contribution in [1.82, 2.24) is 10.1 Å². The van der Waals surface area contributed by atoms with Crippen LogP contribution in [0.25, 0.3) is 0 Å². The predicted molar refractivity (Wildman–Crippen MR) is 120 cm³/mol. The van der Waals surface area contributed by atoms with E-state index in [-0.39, 0.29) is 18.4 Å². The van der Waals surface area contributed by atoms with Gasteiger partial charge in [-0.25, -0.2) is 9.78 Å². The lowest BCUT2D eigenvalue weighted by Gasteiger charge is -2.23.